The Bertz CT molecular complexity index is 1350. The van der Waals surface area contributed by atoms with E-state index in [0.717, 1.165) is 23.3 Å². The van der Waals surface area contributed by atoms with Gasteiger partial charge in [-0.25, -0.2) is 22.2 Å². The van der Waals surface area contributed by atoms with Gasteiger partial charge in [0.15, 0.2) is 0 Å². The second-order valence-corrected chi connectivity index (χ2v) is 8.40. The molecule has 2 aromatic carbocycles. The lowest BCUT2D eigenvalue weighted by molar-refractivity contribution is 0.417. The molecule has 6 nitrogen and oxygen atoms in total. The molecule has 0 spiro atoms. The number of sulfonamides is 1. The van der Waals surface area contributed by atoms with E-state index >= 15 is 0 Å². The van der Waals surface area contributed by atoms with Crippen LogP contribution in [0.1, 0.15) is 5.56 Å². The number of anilines is 1. The molecule has 0 aliphatic carbocycles. The molecule has 4 rings (SSSR count). The fraction of sp³-hybridized carbons (Fsp3) is 0.0952. The molecule has 0 unspecified atom stereocenters. The van der Waals surface area contributed by atoms with Gasteiger partial charge in [0, 0.05) is 24.0 Å². The monoisotopic (exact) mass is 429 g/mol. The number of aromatic nitrogens is 2. The van der Waals surface area contributed by atoms with Gasteiger partial charge < -0.3 is 9.14 Å². The van der Waals surface area contributed by atoms with Crippen LogP contribution in [0.3, 0.4) is 0 Å². The normalized spacial score (nSPS) is 11.6. The number of rotatable bonds is 5. The van der Waals surface area contributed by atoms with Gasteiger partial charge in [-0.1, -0.05) is 0 Å². The van der Waals surface area contributed by atoms with Gasteiger partial charge in [-0.15, -0.1) is 0 Å². The van der Waals surface area contributed by atoms with Crippen LogP contribution in [0.5, 0.6) is 5.75 Å². The first kappa shape index (κ1) is 19.8. The topological polar surface area (TPSA) is 72.7 Å². The van der Waals surface area contributed by atoms with Crippen molar-refractivity contribution in [3.05, 3.63) is 78.1 Å². The molecule has 0 atom stereocenters. The van der Waals surface area contributed by atoms with Crippen LogP contribution in [0.4, 0.5) is 14.5 Å². The Morgan fingerprint density at radius 1 is 1.03 bits per heavy atom. The number of aryl methyl sites for hydroxylation is 1. The van der Waals surface area contributed by atoms with Gasteiger partial charge in [0.25, 0.3) is 10.0 Å². The first-order chi connectivity index (χ1) is 14.2. The Morgan fingerprint density at radius 3 is 2.47 bits per heavy atom. The zero-order valence-corrected chi connectivity index (χ0v) is 16.9. The molecule has 30 heavy (non-hydrogen) atoms. The van der Waals surface area contributed by atoms with Crippen molar-refractivity contribution >= 4 is 21.4 Å². The van der Waals surface area contributed by atoms with Crippen molar-refractivity contribution in [3.63, 3.8) is 0 Å². The summed E-state index contributed by atoms with van der Waals surface area (Å²) in [5, 5.41) is 0. The third kappa shape index (κ3) is 3.84. The van der Waals surface area contributed by atoms with Gasteiger partial charge in [0.05, 0.1) is 23.4 Å². The molecule has 1 N–H and O–H groups in total. The molecule has 2 aromatic heterocycles. The molecule has 0 saturated carbocycles. The third-order valence-corrected chi connectivity index (χ3v) is 5.85. The molecule has 0 aliphatic rings. The second kappa shape index (κ2) is 7.42. The molecule has 0 bridgehead atoms. The number of methoxy groups -OCH3 is 1. The van der Waals surface area contributed by atoms with Crippen molar-refractivity contribution in [2.75, 3.05) is 11.8 Å². The summed E-state index contributed by atoms with van der Waals surface area (Å²) in [6.45, 7) is 1.96. The maximum atomic E-state index is 13.5. The number of nitrogens with one attached hydrogen (secondary N) is 1. The summed E-state index contributed by atoms with van der Waals surface area (Å²) in [6.07, 6.45) is 3.70. The van der Waals surface area contributed by atoms with Crippen LogP contribution in [0.2, 0.25) is 0 Å². The summed E-state index contributed by atoms with van der Waals surface area (Å²) in [4.78, 5) is 4.03. The highest BCUT2D eigenvalue weighted by Crippen LogP contribution is 2.32. The van der Waals surface area contributed by atoms with Gasteiger partial charge in [-0.3, -0.25) is 4.72 Å². The number of halogens is 2. The summed E-state index contributed by atoms with van der Waals surface area (Å²) in [5.74, 6) is -1.73. The molecule has 9 heteroatoms. The highest BCUT2D eigenvalue weighted by atomic mass is 32.2. The standard InChI is InChI=1S/C21H17F2N3O3S/c1-13-5-6-26-12-19(24-21(26)7-13)14-3-4-20(29-2)18(8-14)25-30(27,28)17-10-15(22)9-16(23)11-17/h3-12,25H,1-2H3. The van der Waals surface area contributed by atoms with Crippen molar-refractivity contribution in [3.8, 4) is 17.0 Å². The molecular formula is C21H17F2N3O3S. The van der Waals surface area contributed by atoms with Crippen LogP contribution in [-0.4, -0.2) is 24.9 Å². The van der Waals surface area contributed by atoms with E-state index in [1.807, 2.05) is 35.9 Å². The Morgan fingerprint density at radius 2 is 1.77 bits per heavy atom. The molecule has 0 amide bonds. The lowest BCUT2D eigenvalue weighted by atomic mass is 10.1. The zero-order chi connectivity index (χ0) is 21.5. The van der Waals surface area contributed by atoms with Gasteiger partial charge in [0.1, 0.15) is 23.0 Å². The summed E-state index contributed by atoms with van der Waals surface area (Å²) in [7, 11) is -2.86. The van der Waals surface area contributed by atoms with Crippen molar-refractivity contribution in [1.82, 2.24) is 9.38 Å². The number of hydrogen-bond acceptors (Lipinski definition) is 4. The van der Waals surface area contributed by atoms with Gasteiger partial charge in [-0.05, 0) is 55.0 Å². The molecule has 0 aliphatic heterocycles. The van der Waals surface area contributed by atoms with E-state index in [1.165, 1.54) is 7.11 Å². The fourth-order valence-electron chi connectivity index (χ4n) is 3.06. The molecule has 4 aromatic rings. The van der Waals surface area contributed by atoms with Crippen LogP contribution < -0.4 is 9.46 Å². The average molecular weight is 429 g/mol. The van der Waals surface area contributed by atoms with Crippen LogP contribution >= 0.6 is 0 Å². The van der Waals surface area contributed by atoms with E-state index in [2.05, 4.69) is 9.71 Å². The van der Waals surface area contributed by atoms with Crippen molar-refractivity contribution in [1.29, 1.82) is 0 Å². The minimum atomic E-state index is -4.26. The minimum Gasteiger partial charge on any atom is -0.495 e. The third-order valence-electron chi connectivity index (χ3n) is 4.50. The largest absolute Gasteiger partial charge is 0.495 e. The highest BCUT2D eigenvalue weighted by molar-refractivity contribution is 7.92. The second-order valence-electron chi connectivity index (χ2n) is 6.72. The lowest BCUT2D eigenvalue weighted by Crippen LogP contribution is -2.14. The van der Waals surface area contributed by atoms with E-state index < -0.39 is 26.6 Å². The molecule has 154 valence electrons. The number of imidazole rings is 1. The number of ether oxygens (including phenoxy) is 1. The maximum absolute atomic E-state index is 13.5. The van der Waals surface area contributed by atoms with Crippen molar-refractivity contribution in [2.45, 2.75) is 11.8 Å². The number of fused-ring (bicyclic) bond motifs is 1. The predicted octanol–water partition coefficient (Wildman–Crippen LogP) is 4.40. The quantitative estimate of drug-likeness (QED) is 0.511. The Hall–Kier alpha value is -3.46. The fourth-order valence-corrected chi connectivity index (χ4v) is 4.16. The molecule has 0 fully saturated rings. The first-order valence-corrected chi connectivity index (χ1v) is 10.4. The summed E-state index contributed by atoms with van der Waals surface area (Å²) in [6, 6.07) is 10.9. The number of hydrogen-bond donors (Lipinski definition) is 1. The average Bonchev–Trinajstić information content (AvgIpc) is 3.10. The van der Waals surface area contributed by atoms with Gasteiger partial charge >= 0.3 is 0 Å². The summed E-state index contributed by atoms with van der Waals surface area (Å²) >= 11 is 0. The number of pyridine rings is 1. The maximum Gasteiger partial charge on any atom is 0.262 e. The Balaban J connectivity index is 1.75. The van der Waals surface area contributed by atoms with Gasteiger partial charge in [-0.2, -0.15) is 0 Å². The predicted molar refractivity (Wildman–Crippen MR) is 109 cm³/mol. The molecular weight excluding hydrogens is 412 g/mol. The lowest BCUT2D eigenvalue weighted by Gasteiger charge is -2.13. The highest BCUT2D eigenvalue weighted by Gasteiger charge is 2.19. The van der Waals surface area contributed by atoms with Crippen molar-refractivity contribution < 1.29 is 21.9 Å². The summed E-state index contributed by atoms with van der Waals surface area (Å²) < 4.78 is 61.8. The van der Waals surface area contributed by atoms with Crippen LogP contribution in [-0.2, 0) is 10.0 Å². The minimum absolute atomic E-state index is 0.118. The summed E-state index contributed by atoms with van der Waals surface area (Å²) in [5.41, 5.74) is 3.19. The molecule has 0 radical (unpaired) electrons. The van der Waals surface area contributed by atoms with Crippen LogP contribution in [0.15, 0.2) is 65.8 Å². The van der Waals surface area contributed by atoms with Crippen molar-refractivity contribution in [2.24, 2.45) is 0 Å². The zero-order valence-electron chi connectivity index (χ0n) is 16.1. The Kier molecular flexibility index (Phi) is 4.90. The number of benzene rings is 2. The van der Waals surface area contributed by atoms with E-state index in [0.29, 0.717) is 17.3 Å². The van der Waals surface area contributed by atoms with Crippen LogP contribution in [0.25, 0.3) is 16.9 Å². The smallest absolute Gasteiger partial charge is 0.262 e. The first-order valence-electron chi connectivity index (χ1n) is 8.88. The molecule has 0 saturated heterocycles. The van der Waals surface area contributed by atoms with Crippen LogP contribution in [0, 0.1) is 18.6 Å². The van der Waals surface area contributed by atoms with E-state index in [-0.39, 0.29) is 11.4 Å². The van der Waals surface area contributed by atoms with E-state index in [4.69, 9.17) is 4.74 Å². The van der Waals surface area contributed by atoms with E-state index in [9.17, 15) is 17.2 Å². The number of nitrogens with zero attached hydrogens (tertiary/aromatic N) is 2. The molecule has 2 heterocycles. The Labute approximate surface area is 171 Å². The van der Waals surface area contributed by atoms with E-state index in [1.54, 1.807) is 18.2 Å². The van der Waals surface area contributed by atoms with Gasteiger partial charge in [0.2, 0.25) is 0 Å². The SMILES string of the molecule is COc1ccc(-c2cn3ccc(C)cc3n2)cc1NS(=O)(=O)c1cc(F)cc(F)c1.